The van der Waals surface area contributed by atoms with Crippen molar-refractivity contribution in [1.82, 2.24) is 10.2 Å². The summed E-state index contributed by atoms with van der Waals surface area (Å²) in [6.07, 6.45) is 3.26. The van der Waals surface area contributed by atoms with E-state index < -0.39 is 0 Å². The van der Waals surface area contributed by atoms with Crippen molar-refractivity contribution in [2.24, 2.45) is 4.99 Å². The lowest BCUT2D eigenvalue weighted by Gasteiger charge is -2.22. The quantitative estimate of drug-likeness (QED) is 0.429. The van der Waals surface area contributed by atoms with E-state index in [1.165, 1.54) is 0 Å². The lowest BCUT2D eigenvalue weighted by molar-refractivity contribution is 0.281. The summed E-state index contributed by atoms with van der Waals surface area (Å²) in [4.78, 5) is 6.36. The monoisotopic (exact) mass is 325 g/mol. The van der Waals surface area contributed by atoms with Gasteiger partial charge in [-0.15, -0.1) is 0 Å². The zero-order chi connectivity index (χ0) is 16.2. The average Bonchev–Trinajstić information content (AvgIpc) is 2.55. The van der Waals surface area contributed by atoms with Gasteiger partial charge < -0.3 is 19.7 Å². The lowest BCUT2D eigenvalue weighted by atomic mass is 10.3. The molecule has 1 aromatic rings. The summed E-state index contributed by atoms with van der Waals surface area (Å²) < 4.78 is 10.9. The summed E-state index contributed by atoms with van der Waals surface area (Å²) in [5.74, 6) is 3.74. The van der Waals surface area contributed by atoms with Gasteiger partial charge in [-0.1, -0.05) is 0 Å². The molecule has 124 valence electrons. The minimum atomic E-state index is 0.605. The zero-order valence-corrected chi connectivity index (χ0v) is 14.8. The number of benzene rings is 1. The van der Waals surface area contributed by atoms with Crippen LogP contribution in [-0.2, 0) is 0 Å². The number of thioether (sulfide) groups is 1. The molecule has 5 nitrogen and oxygen atoms in total. The van der Waals surface area contributed by atoms with E-state index in [9.17, 15) is 0 Å². The van der Waals surface area contributed by atoms with E-state index in [2.05, 4.69) is 21.5 Å². The molecule has 0 aliphatic rings. The van der Waals surface area contributed by atoms with E-state index in [1.807, 2.05) is 43.1 Å². The minimum absolute atomic E-state index is 0.605. The molecule has 0 aliphatic heterocycles. The van der Waals surface area contributed by atoms with Crippen LogP contribution in [0.1, 0.15) is 6.42 Å². The van der Waals surface area contributed by atoms with Crippen LogP contribution in [0.4, 0.5) is 0 Å². The highest BCUT2D eigenvalue weighted by molar-refractivity contribution is 7.98. The second-order valence-corrected chi connectivity index (χ2v) is 5.75. The van der Waals surface area contributed by atoms with Crippen LogP contribution < -0.4 is 14.8 Å². The van der Waals surface area contributed by atoms with Crippen molar-refractivity contribution in [3.8, 4) is 11.5 Å². The van der Waals surface area contributed by atoms with E-state index in [0.717, 1.165) is 42.7 Å². The van der Waals surface area contributed by atoms with Crippen LogP contribution in [0.5, 0.6) is 11.5 Å². The van der Waals surface area contributed by atoms with Crippen molar-refractivity contribution in [3.63, 3.8) is 0 Å². The summed E-state index contributed by atoms with van der Waals surface area (Å²) in [5, 5.41) is 3.36. The molecule has 0 spiro atoms. The molecule has 0 aliphatic carbocycles. The number of methoxy groups -OCH3 is 1. The normalized spacial score (nSPS) is 11.2. The van der Waals surface area contributed by atoms with E-state index in [0.29, 0.717) is 6.61 Å². The van der Waals surface area contributed by atoms with Crippen LogP contribution in [0.3, 0.4) is 0 Å². The van der Waals surface area contributed by atoms with Gasteiger partial charge in [-0.25, -0.2) is 0 Å². The van der Waals surface area contributed by atoms with Gasteiger partial charge in [-0.3, -0.25) is 4.99 Å². The second-order valence-electron chi connectivity index (χ2n) is 4.77. The van der Waals surface area contributed by atoms with E-state index in [4.69, 9.17) is 9.47 Å². The van der Waals surface area contributed by atoms with Crippen LogP contribution >= 0.6 is 11.8 Å². The van der Waals surface area contributed by atoms with Crippen LogP contribution in [0, 0.1) is 0 Å². The van der Waals surface area contributed by atoms with E-state index in [1.54, 1.807) is 14.2 Å². The predicted octanol–water partition coefficient (Wildman–Crippen LogP) is 2.33. The Morgan fingerprint density at radius 1 is 1.27 bits per heavy atom. The van der Waals surface area contributed by atoms with Gasteiger partial charge >= 0.3 is 0 Å². The third kappa shape index (κ3) is 6.93. The minimum Gasteiger partial charge on any atom is -0.497 e. The maximum absolute atomic E-state index is 5.73. The maximum Gasteiger partial charge on any atom is 0.193 e. The van der Waals surface area contributed by atoms with Crippen molar-refractivity contribution in [3.05, 3.63) is 24.3 Å². The molecule has 0 saturated heterocycles. The molecule has 0 saturated carbocycles. The van der Waals surface area contributed by atoms with E-state index in [-0.39, 0.29) is 0 Å². The highest BCUT2D eigenvalue weighted by Gasteiger charge is 2.05. The van der Waals surface area contributed by atoms with Crippen molar-refractivity contribution in [1.29, 1.82) is 0 Å². The Kier molecular flexibility index (Phi) is 9.30. The summed E-state index contributed by atoms with van der Waals surface area (Å²) in [5.41, 5.74) is 0. The lowest BCUT2D eigenvalue weighted by Crippen LogP contribution is -2.41. The Labute approximate surface area is 138 Å². The Morgan fingerprint density at radius 2 is 1.95 bits per heavy atom. The standard InChI is InChI=1S/C16H27N3O2S/c1-17-16(18-10-5-13-22-4)19(2)11-12-21-15-8-6-14(20-3)7-9-15/h6-9H,5,10-13H2,1-4H3,(H,17,18). The number of nitrogens with one attached hydrogen (secondary N) is 1. The summed E-state index contributed by atoms with van der Waals surface area (Å²) in [6.45, 7) is 2.32. The molecule has 0 fully saturated rings. The molecule has 1 N–H and O–H groups in total. The molecular weight excluding hydrogens is 298 g/mol. The number of hydrogen-bond acceptors (Lipinski definition) is 4. The first kappa shape index (κ1) is 18.5. The molecule has 1 rings (SSSR count). The van der Waals surface area contributed by atoms with Crippen molar-refractivity contribution < 1.29 is 9.47 Å². The first-order valence-electron chi connectivity index (χ1n) is 7.38. The predicted molar refractivity (Wildman–Crippen MR) is 95.5 cm³/mol. The van der Waals surface area contributed by atoms with Crippen LogP contribution in [0.15, 0.2) is 29.3 Å². The number of guanidine groups is 1. The fourth-order valence-electron chi connectivity index (χ4n) is 1.88. The molecule has 0 bridgehead atoms. The molecular formula is C16H27N3O2S. The van der Waals surface area contributed by atoms with Gasteiger partial charge in [0.05, 0.1) is 13.7 Å². The number of likely N-dealkylation sites (N-methyl/N-ethyl adjacent to an activating group) is 1. The largest absolute Gasteiger partial charge is 0.497 e. The van der Waals surface area contributed by atoms with Gasteiger partial charge in [0, 0.05) is 20.6 Å². The van der Waals surface area contributed by atoms with Crippen LogP contribution in [0.2, 0.25) is 0 Å². The van der Waals surface area contributed by atoms with Crippen LogP contribution in [0.25, 0.3) is 0 Å². The van der Waals surface area contributed by atoms with Gasteiger partial charge in [0.15, 0.2) is 5.96 Å². The highest BCUT2D eigenvalue weighted by atomic mass is 32.2. The first-order chi connectivity index (χ1) is 10.7. The van der Waals surface area contributed by atoms with Crippen LogP contribution in [-0.4, -0.2) is 63.8 Å². The summed E-state index contributed by atoms with van der Waals surface area (Å²) in [6, 6.07) is 7.61. The Bertz CT molecular complexity index is 438. The highest BCUT2D eigenvalue weighted by Crippen LogP contribution is 2.16. The third-order valence-corrected chi connectivity index (χ3v) is 3.83. The van der Waals surface area contributed by atoms with Gasteiger partial charge in [0.2, 0.25) is 0 Å². The first-order valence-corrected chi connectivity index (χ1v) is 8.78. The summed E-state index contributed by atoms with van der Waals surface area (Å²) >= 11 is 1.86. The molecule has 0 heterocycles. The number of nitrogens with zero attached hydrogens (tertiary/aromatic N) is 2. The third-order valence-electron chi connectivity index (χ3n) is 3.14. The average molecular weight is 325 g/mol. The molecule has 1 aromatic carbocycles. The number of hydrogen-bond donors (Lipinski definition) is 1. The van der Waals surface area contributed by atoms with Crippen molar-refractivity contribution >= 4 is 17.7 Å². The van der Waals surface area contributed by atoms with Gasteiger partial charge in [-0.2, -0.15) is 11.8 Å². The van der Waals surface area contributed by atoms with Gasteiger partial charge in [-0.05, 0) is 42.7 Å². The SMILES string of the molecule is CN=C(NCCCSC)N(C)CCOc1ccc(OC)cc1. The number of ether oxygens (including phenoxy) is 2. The Hall–Kier alpha value is -1.56. The molecule has 0 unspecified atom stereocenters. The molecule has 0 atom stereocenters. The maximum atomic E-state index is 5.73. The molecule has 0 radical (unpaired) electrons. The molecule has 22 heavy (non-hydrogen) atoms. The number of rotatable bonds is 9. The zero-order valence-electron chi connectivity index (χ0n) is 14.0. The molecule has 6 heteroatoms. The molecule has 0 aromatic heterocycles. The van der Waals surface area contributed by atoms with Crippen molar-refractivity contribution in [2.45, 2.75) is 6.42 Å². The Balaban J connectivity index is 2.29. The Morgan fingerprint density at radius 3 is 2.55 bits per heavy atom. The van der Waals surface area contributed by atoms with Gasteiger partial charge in [0.25, 0.3) is 0 Å². The second kappa shape index (κ2) is 11.1. The smallest absolute Gasteiger partial charge is 0.193 e. The van der Waals surface area contributed by atoms with Gasteiger partial charge in [0.1, 0.15) is 18.1 Å². The summed E-state index contributed by atoms with van der Waals surface area (Å²) in [7, 11) is 5.47. The fourth-order valence-corrected chi connectivity index (χ4v) is 2.31. The topological polar surface area (TPSA) is 46.1 Å². The van der Waals surface area contributed by atoms with E-state index >= 15 is 0 Å². The van der Waals surface area contributed by atoms with Crippen molar-refractivity contribution in [2.75, 3.05) is 52.9 Å². The fraction of sp³-hybridized carbons (Fsp3) is 0.562. The molecule has 0 amide bonds. The number of aliphatic imine (C=N–C) groups is 1.